The van der Waals surface area contributed by atoms with Gasteiger partial charge in [-0.3, -0.25) is 0 Å². The van der Waals surface area contributed by atoms with Gasteiger partial charge in [0.05, 0.1) is 155 Å². The zero-order valence-electron chi connectivity index (χ0n) is 26.8. The SMILES string of the molecule is COCCOCCOCCOCCOCCOCCOCCOCCOCCOCCOCCOc1cc(Br)c(OC)cc1Br. The molecule has 0 fully saturated rings. The fourth-order valence-electron chi connectivity index (χ4n) is 3.21. The van der Waals surface area contributed by atoms with E-state index in [1.807, 2.05) is 12.1 Å². The van der Waals surface area contributed by atoms with Crippen molar-refractivity contribution in [2.45, 2.75) is 0 Å². The van der Waals surface area contributed by atoms with Crippen LogP contribution in [0.5, 0.6) is 11.5 Å². The molecule has 0 spiro atoms. The summed E-state index contributed by atoms with van der Waals surface area (Å²) in [5.41, 5.74) is 0. The Labute approximate surface area is 284 Å². The van der Waals surface area contributed by atoms with E-state index in [0.29, 0.717) is 151 Å². The standard InChI is InChI=1S/C30H52Br2O13/c1-33-3-4-35-5-6-36-7-8-37-9-10-38-11-12-39-13-14-40-15-16-41-17-18-42-19-20-43-21-22-44-23-24-45-30-26-27(31)29(34-2)25-28(30)32/h25-26H,3-24H2,1-2H3. The molecule has 0 unspecified atom stereocenters. The third-order valence-corrected chi connectivity index (χ3v) is 6.71. The van der Waals surface area contributed by atoms with Crippen molar-refractivity contribution in [2.75, 3.05) is 160 Å². The summed E-state index contributed by atoms with van der Waals surface area (Å²) in [4.78, 5) is 0. The molecule has 0 N–H and O–H groups in total. The molecule has 45 heavy (non-hydrogen) atoms. The Morgan fingerprint density at radius 2 is 0.600 bits per heavy atom. The van der Waals surface area contributed by atoms with E-state index in [-0.39, 0.29) is 0 Å². The minimum absolute atomic E-state index is 0.429. The topological polar surface area (TPSA) is 120 Å². The number of rotatable bonds is 35. The smallest absolute Gasteiger partial charge is 0.134 e. The number of benzene rings is 1. The van der Waals surface area contributed by atoms with Crippen LogP contribution in [0.2, 0.25) is 0 Å². The van der Waals surface area contributed by atoms with Crippen molar-refractivity contribution in [1.29, 1.82) is 0 Å². The molecule has 1 aromatic rings. The third-order valence-electron chi connectivity index (χ3n) is 5.47. The molecule has 0 radical (unpaired) electrons. The van der Waals surface area contributed by atoms with Crippen molar-refractivity contribution >= 4 is 31.9 Å². The van der Waals surface area contributed by atoms with Gasteiger partial charge in [-0.2, -0.15) is 0 Å². The lowest BCUT2D eigenvalue weighted by Gasteiger charge is -2.11. The summed E-state index contributed by atoms with van der Waals surface area (Å²) >= 11 is 6.92. The lowest BCUT2D eigenvalue weighted by molar-refractivity contribution is -0.0273. The molecule has 264 valence electrons. The molecule has 1 rings (SSSR count). The quantitative estimate of drug-likeness (QED) is 0.0938. The van der Waals surface area contributed by atoms with Crippen molar-refractivity contribution < 1.29 is 61.6 Å². The summed E-state index contributed by atoms with van der Waals surface area (Å²) in [6.07, 6.45) is 0. The normalized spacial score (nSPS) is 11.4. The van der Waals surface area contributed by atoms with E-state index in [0.717, 1.165) is 14.7 Å². The first kappa shape index (κ1) is 42.4. The van der Waals surface area contributed by atoms with Crippen LogP contribution in [0.15, 0.2) is 21.1 Å². The Hall–Kier alpha value is -0.660. The highest BCUT2D eigenvalue weighted by Gasteiger charge is 2.08. The van der Waals surface area contributed by atoms with Crippen molar-refractivity contribution in [2.24, 2.45) is 0 Å². The minimum atomic E-state index is 0.429. The maximum atomic E-state index is 5.73. The highest BCUT2D eigenvalue weighted by molar-refractivity contribution is 9.11. The maximum Gasteiger partial charge on any atom is 0.134 e. The van der Waals surface area contributed by atoms with Crippen LogP contribution in [-0.2, 0) is 52.1 Å². The summed E-state index contributed by atoms with van der Waals surface area (Å²) in [5.74, 6) is 1.45. The minimum Gasteiger partial charge on any atom is -0.496 e. The van der Waals surface area contributed by atoms with Crippen LogP contribution >= 0.6 is 31.9 Å². The molecule has 0 aliphatic heterocycles. The van der Waals surface area contributed by atoms with Crippen LogP contribution in [0.4, 0.5) is 0 Å². The molecule has 0 heterocycles. The maximum absolute atomic E-state index is 5.73. The number of methoxy groups -OCH3 is 2. The van der Waals surface area contributed by atoms with Gasteiger partial charge in [0.15, 0.2) is 0 Å². The van der Waals surface area contributed by atoms with Gasteiger partial charge in [0, 0.05) is 7.11 Å². The zero-order valence-corrected chi connectivity index (χ0v) is 29.9. The average Bonchev–Trinajstić information content (AvgIpc) is 3.04. The summed E-state index contributed by atoms with van der Waals surface area (Å²) in [6.45, 7) is 11.3. The third kappa shape index (κ3) is 27.0. The van der Waals surface area contributed by atoms with Crippen LogP contribution in [0, 0.1) is 0 Å². The monoisotopic (exact) mass is 778 g/mol. The summed E-state index contributed by atoms with van der Waals surface area (Å²) < 4.78 is 72.1. The molecule has 1 aromatic carbocycles. The highest BCUT2D eigenvalue weighted by Crippen LogP contribution is 2.35. The number of halogens is 2. The van der Waals surface area contributed by atoms with Gasteiger partial charge in [-0.25, -0.2) is 0 Å². The predicted octanol–water partition coefficient (Wildman–Crippen LogP) is 3.41. The van der Waals surface area contributed by atoms with Crippen LogP contribution in [-0.4, -0.2) is 160 Å². The molecule has 13 nitrogen and oxygen atoms in total. The van der Waals surface area contributed by atoms with Gasteiger partial charge < -0.3 is 61.6 Å². The molecule has 0 saturated heterocycles. The van der Waals surface area contributed by atoms with E-state index in [1.165, 1.54) is 0 Å². The Morgan fingerprint density at radius 3 is 0.889 bits per heavy atom. The molecular weight excluding hydrogens is 728 g/mol. The Morgan fingerprint density at radius 1 is 0.356 bits per heavy atom. The van der Waals surface area contributed by atoms with Gasteiger partial charge in [-0.1, -0.05) is 0 Å². The van der Waals surface area contributed by atoms with Crippen LogP contribution in [0.25, 0.3) is 0 Å². The molecule has 0 aliphatic carbocycles. The molecular formula is C30H52Br2O13. The van der Waals surface area contributed by atoms with Gasteiger partial charge in [-0.05, 0) is 44.0 Å². The fourth-order valence-corrected chi connectivity index (χ4v) is 4.13. The summed E-state index contributed by atoms with van der Waals surface area (Å²) in [6, 6.07) is 3.70. The average molecular weight is 781 g/mol. The lowest BCUT2D eigenvalue weighted by Crippen LogP contribution is -2.15. The predicted molar refractivity (Wildman–Crippen MR) is 174 cm³/mol. The highest BCUT2D eigenvalue weighted by atomic mass is 79.9. The largest absolute Gasteiger partial charge is 0.496 e. The first-order valence-corrected chi connectivity index (χ1v) is 16.7. The second-order valence-corrected chi connectivity index (χ2v) is 10.6. The van der Waals surface area contributed by atoms with Gasteiger partial charge in [-0.15, -0.1) is 0 Å². The molecule has 0 bridgehead atoms. The number of hydrogen-bond acceptors (Lipinski definition) is 13. The zero-order chi connectivity index (χ0) is 32.5. The van der Waals surface area contributed by atoms with Crippen molar-refractivity contribution in [3.8, 4) is 11.5 Å². The molecule has 0 aromatic heterocycles. The lowest BCUT2D eigenvalue weighted by atomic mass is 10.3. The van der Waals surface area contributed by atoms with Crippen molar-refractivity contribution in [1.82, 2.24) is 0 Å². The van der Waals surface area contributed by atoms with Crippen LogP contribution in [0.3, 0.4) is 0 Å². The van der Waals surface area contributed by atoms with Crippen molar-refractivity contribution in [3.63, 3.8) is 0 Å². The van der Waals surface area contributed by atoms with Gasteiger partial charge >= 0.3 is 0 Å². The molecule has 0 saturated carbocycles. The van der Waals surface area contributed by atoms with Crippen LogP contribution in [0.1, 0.15) is 0 Å². The summed E-state index contributed by atoms with van der Waals surface area (Å²) in [7, 11) is 3.26. The van der Waals surface area contributed by atoms with Gasteiger partial charge in [0.25, 0.3) is 0 Å². The van der Waals surface area contributed by atoms with E-state index in [4.69, 9.17) is 61.6 Å². The fraction of sp³-hybridized carbons (Fsp3) is 0.800. The van der Waals surface area contributed by atoms with Crippen molar-refractivity contribution in [3.05, 3.63) is 21.1 Å². The molecule has 0 amide bonds. The first-order chi connectivity index (χ1) is 22.2. The second kappa shape index (κ2) is 33.2. The van der Waals surface area contributed by atoms with E-state index in [9.17, 15) is 0 Å². The van der Waals surface area contributed by atoms with E-state index < -0.39 is 0 Å². The Balaban J connectivity index is 1.69. The van der Waals surface area contributed by atoms with E-state index >= 15 is 0 Å². The van der Waals surface area contributed by atoms with Gasteiger partial charge in [0.2, 0.25) is 0 Å². The second-order valence-electron chi connectivity index (χ2n) is 8.88. The number of hydrogen-bond donors (Lipinski definition) is 0. The van der Waals surface area contributed by atoms with E-state index in [1.54, 1.807) is 14.2 Å². The van der Waals surface area contributed by atoms with Gasteiger partial charge in [0.1, 0.15) is 18.1 Å². The first-order valence-electron chi connectivity index (χ1n) is 15.1. The Bertz CT molecular complexity index is 780. The van der Waals surface area contributed by atoms with E-state index in [2.05, 4.69) is 31.9 Å². The Kier molecular flexibility index (Phi) is 31.3. The van der Waals surface area contributed by atoms with Crippen LogP contribution < -0.4 is 9.47 Å². The molecule has 15 heteroatoms. The number of ether oxygens (including phenoxy) is 13. The summed E-state index contributed by atoms with van der Waals surface area (Å²) in [5, 5.41) is 0. The molecule has 0 aliphatic rings. The molecule has 0 atom stereocenters.